The summed E-state index contributed by atoms with van der Waals surface area (Å²) in [6, 6.07) is 10.1. The Balaban J connectivity index is 2.99. The Bertz CT molecular complexity index is 167. The van der Waals surface area contributed by atoms with Gasteiger partial charge in [-0.25, -0.2) is 0 Å². The summed E-state index contributed by atoms with van der Waals surface area (Å²) in [6.07, 6.45) is 0. The van der Waals surface area contributed by atoms with Gasteiger partial charge in [0.15, 0.2) is 0 Å². The quantitative estimate of drug-likeness (QED) is 0.596. The van der Waals surface area contributed by atoms with Crippen LogP contribution in [-0.2, 0) is 18.7 Å². The van der Waals surface area contributed by atoms with Crippen molar-refractivity contribution in [1.82, 2.24) is 0 Å². The summed E-state index contributed by atoms with van der Waals surface area (Å²) in [4.78, 5) is 0. The Morgan fingerprint density at radius 2 is 1.75 bits per heavy atom. The van der Waals surface area contributed by atoms with Crippen LogP contribution in [0, 0.1) is 0 Å². The molecule has 0 nitrogen and oxygen atoms in total. The molecule has 0 atom stereocenters. The van der Waals surface area contributed by atoms with Gasteiger partial charge in [0.25, 0.3) is 0 Å². The van der Waals surface area contributed by atoms with Crippen LogP contribution < -0.4 is 0 Å². The van der Waals surface area contributed by atoms with Crippen molar-refractivity contribution >= 4 is 4.49 Å². The van der Waals surface area contributed by atoms with Crippen molar-refractivity contribution in [3.63, 3.8) is 0 Å². The Kier molecular flexibility index (Phi) is 2.14. The first-order valence-corrected chi connectivity index (χ1v) is 3.28. The van der Waals surface area contributed by atoms with E-state index in [-0.39, 0.29) is 0 Å². The van der Waals surface area contributed by atoms with Crippen LogP contribution in [-0.4, -0.2) is 4.49 Å². The summed E-state index contributed by atoms with van der Waals surface area (Å²) in [5, 5.41) is 0. The van der Waals surface area contributed by atoms with Crippen LogP contribution in [0.3, 0.4) is 0 Å². The fourth-order valence-electron chi connectivity index (χ4n) is 0.514. The van der Waals surface area contributed by atoms with E-state index in [2.05, 4.69) is 18.7 Å². The van der Waals surface area contributed by atoms with Crippen LogP contribution >= 0.6 is 0 Å². The molecule has 0 N–H and O–H groups in total. The molecule has 0 saturated carbocycles. The molecule has 0 amide bonds. The Morgan fingerprint density at radius 1 is 1.12 bits per heavy atom. The average Bonchev–Trinajstić information content (AvgIpc) is 1.90. The normalized spacial score (nSPS) is 8.75. The topological polar surface area (TPSA) is 0 Å². The molecule has 0 aliphatic rings. The molecule has 0 aliphatic carbocycles. The third-order valence-corrected chi connectivity index (χ3v) is 1.42. The average molecular weight is 197 g/mol. The molecule has 0 fully saturated rings. The van der Waals surface area contributed by atoms with Crippen LogP contribution in [0.1, 0.15) is 5.56 Å². The summed E-state index contributed by atoms with van der Waals surface area (Å²) >= 11 is 2.99. The molecule has 1 aromatic carbocycles. The number of rotatable bonds is 1. The fourth-order valence-corrected chi connectivity index (χ4v) is 0.813. The van der Waals surface area contributed by atoms with Crippen LogP contribution in [0.15, 0.2) is 30.3 Å². The van der Waals surface area contributed by atoms with Crippen molar-refractivity contribution < 1.29 is 18.7 Å². The third kappa shape index (κ3) is 1.37. The van der Waals surface area contributed by atoms with Crippen molar-refractivity contribution in [1.29, 1.82) is 0 Å². The van der Waals surface area contributed by atoms with E-state index in [0.29, 0.717) is 0 Å². The van der Waals surface area contributed by atoms with Crippen LogP contribution in [0.4, 0.5) is 0 Å². The predicted molar refractivity (Wildman–Crippen MR) is 31.6 cm³/mol. The van der Waals surface area contributed by atoms with Gasteiger partial charge >= 0.3 is 59.1 Å². The molecule has 1 aromatic rings. The zero-order valence-electron chi connectivity index (χ0n) is 4.28. The van der Waals surface area contributed by atoms with Gasteiger partial charge in [-0.15, -0.1) is 0 Å². The van der Waals surface area contributed by atoms with Gasteiger partial charge in [-0.05, 0) is 0 Å². The summed E-state index contributed by atoms with van der Waals surface area (Å²) in [6.45, 7) is 0. The molecule has 0 aromatic heterocycles. The minimum absolute atomic E-state index is 1.22. The van der Waals surface area contributed by atoms with E-state index in [1.54, 1.807) is 0 Å². The van der Waals surface area contributed by atoms with Gasteiger partial charge in [-0.1, -0.05) is 0 Å². The van der Waals surface area contributed by atoms with E-state index in [1.165, 1.54) is 5.56 Å². The zero-order chi connectivity index (χ0) is 5.82. The van der Waals surface area contributed by atoms with Crippen molar-refractivity contribution in [2.45, 2.75) is 0 Å². The van der Waals surface area contributed by atoms with Gasteiger partial charge in [0, 0.05) is 0 Å². The van der Waals surface area contributed by atoms with Gasteiger partial charge in [0.05, 0.1) is 0 Å². The molecular formula is C7H6Pd. The van der Waals surface area contributed by atoms with Crippen LogP contribution in [0.2, 0.25) is 0 Å². The second-order valence-electron chi connectivity index (χ2n) is 1.50. The van der Waals surface area contributed by atoms with E-state index < -0.39 is 0 Å². The van der Waals surface area contributed by atoms with E-state index in [4.69, 9.17) is 0 Å². The monoisotopic (exact) mass is 196 g/mol. The van der Waals surface area contributed by atoms with E-state index in [0.717, 1.165) is 0 Å². The minimum atomic E-state index is 1.22. The third-order valence-electron chi connectivity index (χ3n) is 0.905. The van der Waals surface area contributed by atoms with E-state index in [1.807, 2.05) is 34.8 Å². The number of hydrogen-bond acceptors (Lipinski definition) is 0. The first kappa shape index (κ1) is 5.88. The van der Waals surface area contributed by atoms with Crippen molar-refractivity contribution in [3.05, 3.63) is 35.9 Å². The molecule has 0 bridgehead atoms. The van der Waals surface area contributed by atoms with Gasteiger partial charge in [0.1, 0.15) is 0 Å². The Labute approximate surface area is 59.5 Å². The molecule has 0 spiro atoms. The molecule has 8 heavy (non-hydrogen) atoms. The number of hydrogen-bond donors (Lipinski definition) is 0. The fraction of sp³-hybridized carbons (Fsp3) is 0. The SMILES string of the molecule is [Pd]=[CH]c1ccccc1. The summed E-state index contributed by atoms with van der Waals surface area (Å²) in [7, 11) is 0. The van der Waals surface area contributed by atoms with Gasteiger partial charge in [-0.3, -0.25) is 0 Å². The first-order valence-electron chi connectivity index (χ1n) is 2.38. The summed E-state index contributed by atoms with van der Waals surface area (Å²) in [5.74, 6) is 0. The maximum atomic E-state index is 2.99. The van der Waals surface area contributed by atoms with Crippen molar-refractivity contribution in [3.8, 4) is 0 Å². The number of benzene rings is 1. The second kappa shape index (κ2) is 2.92. The molecule has 44 valence electrons. The molecular weight excluding hydrogens is 190 g/mol. The molecule has 0 unspecified atom stereocenters. The standard InChI is InChI=1S/C7H6.Pd/c1-7-5-3-2-4-6-7;/h1-6H;. The van der Waals surface area contributed by atoms with Gasteiger partial charge in [-0.2, -0.15) is 0 Å². The molecule has 0 saturated heterocycles. The van der Waals surface area contributed by atoms with Crippen LogP contribution in [0.5, 0.6) is 0 Å². The van der Waals surface area contributed by atoms with Crippen molar-refractivity contribution in [2.24, 2.45) is 0 Å². The second-order valence-corrected chi connectivity index (χ2v) is 1.95. The van der Waals surface area contributed by atoms with Crippen molar-refractivity contribution in [2.75, 3.05) is 0 Å². The Morgan fingerprint density at radius 3 is 2.12 bits per heavy atom. The molecule has 0 aliphatic heterocycles. The zero-order valence-corrected chi connectivity index (χ0v) is 5.83. The van der Waals surface area contributed by atoms with E-state index >= 15 is 0 Å². The maximum absolute atomic E-state index is 2.99. The molecule has 0 heterocycles. The summed E-state index contributed by atoms with van der Waals surface area (Å²) < 4.78 is 1.93. The van der Waals surface area contributed by atoms with E-state index in [9.17, 15) is 0 Å². The van der Waals surface area contributed by atoms with Crippen LogP contribution in [0.25, 0.3) is 0 Å². The molecule has 0 radical (unpaired) electrons. The molecule has 1 rings (SSSR count). The van der Waals surface area contributed by atoms with Gasteiger partial charge in [0.2, 0.25) is 0 Å². The summed E-state index contributed by atoms with van der Waals surface area (Å²) in [5.41, 5.74) is 1.22. The Hall–Kier alpha value is -0.248. The van der Waals surface area contributed by atoms with Gasteiger partial charge < -0.3 is 0 Å². The first-order chi connectivity index (χ1) is 3.93. The predicted octanol–water partition coefficient (Wildman–Crippen LogP) is 1.38. The molecule has 1 heteroatoms.